The zero-order chi connectivity index (χ0) is 30.1. The number of alkyl halides is 3. The molecule has 3 N–H and O–H groups in total. The van der Waals surface area contributed by atoms with Crippen LogP contribution >= 0.6 is 11.6 Å². The van der Waals surface area contributed by atoms with Crippen molar-refractivity contribution in [2.24, 2.45) is 0 Å². The van der Waals surface area contributed by atoms with Crippen molar-refractivity contribution in [2.75, 3.05) is 18.9 Å². The number of carboxylic acids is 1. The fraction of sp³-hybridized carbons (Fsp3) is 0.296. The molecule has 0 spiro atoms. The second kappa shape index (κ2) is 11.6. The van der Waals surface area contributed by atoms with Crippen molar-refractivity contribution in [3.63, 3.8) is 0 Å². The van der Waals surface area contributed by atoms with Crippen LogP contribution in [-0.2, 0) is 11.3 Å². The van der Waals surface area contributed by atoms with Crippen molar-refractivity contribution < 1.29 is 32.6 Å². The van der Waals surface area contributed by atoms with Crippen molar-refractivity contribution in [1.82, 2.24) is 24.6 Å². The number of nitrogens with zero attached hydrogens (tertiary/aromatic N) is 5. The number of aryl methyl sites for hydroxylation is 1. The predicted molar refractivity (Wildman–Crippen MR) is 145 cm³/mol. The zero-order valence-corrected chi connectivity index (χ0v) is 23.0. The SMILES string of the molecule is Cc1c(Cl)cc(C(C)n2nc(C)c3c(N)ncnc32)c2c1CN(C(=O)c1ccccc1)CCO2.O=C(O)C(F)(F)F. The monoisotopic (exact) mass is 590 g/mol. The van der Waals surface area contributed by atoms with Gasteiger partial charge < -0.3 is 20.5 Å². The summed E-state index contributed by atoms with van der Waals surface area (Å²) >= 11 is 6.69. The molecule has 1 atom stereocenters. The maximum atomic E-state index is 13.2. The first-order valence-corrected chi connectivity index (χ1v) is 12.7. The second-order valence-corrected chi connectivity index (χ2v) is 9.70. The van der Waals surface area contributed by atoms with E-state index in [0.29, 0.717) is 41.7 Å². The number of nitrogen functional groups attached to an aromatic ring is 1. The lowest BCUT2D eigenvalue weighted by atomic mass is 9.98. The maximum Gasteiger partial charge on any atom is 0.490 e. The fourth-order valence-corrected chi connectivity index (χ4v) is 4.74. The third-order valence-electron chi connectivity index (χ3n) is 6.65. The summed E-state index contributed by atoms with van der Waals surface area (Å²) in [5.41, 5.74) is 10.8. The molecule has 1 aliphatic rings. The molecule has 5 rings (SSSR count). The summed E-state index contributed by atoms with van der Waals surface area (Å²) in [7, 11) is 0. The Morgan fingerprint density at radius 1 is 1.17 bits per heavy atom. The number of nitrogens with two attached hydrogens (primary N) is 1. The Morgan fingerprint density at radius 3 is 2.46 bits per heavy atom. The minimum absolute atomic E-state index is 0.0353. The van der Waals surface area contributed by atoms with Crippen LogP contribution in [0.2, 0.25) is 5.02 Å². The van der Waals surface area contributed by atoms with Gasteiger partial charge in [0.1, 0.15) is 24.5 Å². The topological polar surface area (TPSA) is 136 Å². The number of carbonyl (C=O) groups excluding carboxylic acids is 1. The van der Waals surface area contributed by atoms with E-state index in [1.165, 1.54) is 6.33 Å². The molecule has 3 heterocycles. The normalized spacial score (nSPS) is 13.9. The molecule has 0 bridgehead atoms. The highest BCUT2D eigenvalue weighted by molar-refractivity contribution is 6.31. The Bertz CT molecular complexity index is 1610. The molecule has 0 saturated heterocycles. The average Bonchev–Trinajstić information content (AvgIpc) is 3.12. The summed E-state index contributed by atoms with van der Waals surface area (Å²) in [4.78, 5) is 32.4. The minimum Gasteiger partial charge on any atom is -0.491 e. The number of aliphatic carboxylic acids is 1. The number of hydrogen-bond donors (Lipinski definition) is 2. The third kappa shape index (κ3) is 6.04. The summed E-state index contributed by atoms with van der Waals surface area (Å²) in [6, 6.07) is 11.0. The lowest BCUT2D eigenvalue weighted by Gasteiger charge is -2.23. The highest BCUT2D eigenvalue weighted by Gasteiger charge is 2.38. The van der Waals surface area contributed by atoms with Gasteiger partial charge in [-0.25, -0.2) is 19.4 Å². The number of hydrogen-bond acceptors (Lipinski definition) is 7. The Labute approximate surface area is 237 Å². The van der Waals surface area contributed by atoms with E-state index in [9.17, 15) is 18.0 Å². The van der Waals surface area contributed by atoms with Crippen LogP contribution in [-0.4, -0.2) is 61.0 Å². The number of benzene rings is 2. The van der Waals surface area contributed by atoms with Crippen LogP contribution in [0.3, 0.4) is 0 Å². The first-order chi connectivity index (χ1) is 19.3. The molecule has 41 heavy (non-hydrogen) atoms. The Hall–Kier alpha value is -4.39. The van der Waals surface area contributed by atoms with Crippen LogP contribution in [0.5, 0.6) is 5.75 Å². The van der Waals surface area contributed by atoms with Crippen LogP contribution in [0.25, 0.3) is 11.0 Å². The van der Waals surface area contributed by atoms with Crippen molar-refractivity contribution in [3.8, 4) is 5.75 Å². The van der Waals surface area contributed by atoms with E-state index >= 15 is 0 Å². The molecule has 216 valence electrons. The lowest BCUT2D eigenvalue weighted by Crippen LogP contribution is -2.32. The summed E-state index contributed by atoms with van der Waals surface area (Å²) < 4.78 is 39.8. The van der Waals surface area contributed by atoms with E-state index in [1.54, 1.807) is 4.90 Å². The maximum absolute atomic E-state index is 13.2. The van der Waals surface area contributed by atoms with E-state index in [4.69, 9.17) is 37.1 Å². The van der Waals surface area contributed by atoms with E-state index < -0.39 is 12.1 Å². The Balaban J connectivity index is 0.000000493. The first kappa shape index (κ1) is 29.6. The Morgan fingerprint density at radius 2 is 1.83 bits per heavy atom. The number of carboxylic acid groups (broad SMARTS) is 1. The van der Waals surface area contributed by atoms with Crippen LogP contribution in [0.4, 0.5) is 19.0 Å². The summed E-state index contributed by atoms with van der Waals surface area (Å²) in [6.07, 6.45) is -3.64. The van der Waals surface area contributed by atoms with Crippen molar-refractivity contribution in [2.45, 2.75) is 39.5 Å². The van der Waals surface area contributed by atoms with Gasteiger partial charge in [0.25, 0.3) is 5.91 Å². The van der Waals surface area contributed by atoms with E-state index in [1.807, 2.05) is 61.9 Å². The van der Waals surface area contributed by atoms with Gasteiger partial charge in [-0.3, -0.25) is 4.79 Å². The number of rotatable bonds is 3. The van der Waals surface area contributed by atoms with Gasteiger partial charge in [0.05, 0.1) is 30.2 Å². The summed E-state index contributed by atoms with van der Waals surface area (Å²) in [5, 5.41) is 13.2. The standard InChI is InChI=1S/C25H25ClN6O2.C2HF3O2/c1-14-19-12-31(25(33)17-7-5-4-6-8-17)9-10-34-22(19)18(11-20(14)26)16(3)32-24-21(15(2)30-32)23(27)28-13-29-24;3-2(4,5)1(6)7/h4-8,11,13,16H,9-10,12H2,1-3H3,(H2,27,28,29);(H,6,7). The molecule has 2 aromatic carbocycles. The molecule has 0 fully saturated rings. The molecule has 1 aliphatic heterocycles. The van der Waals surface area contributed by atoms with Crippen LogP contribution in [0.1, 0.15) is 45.7 Å². The van der Waals surface area contributed by atoms with Gasteiger partial charge in [-0.2, -0.15) is 18.3 Å². The zero-order valence-electron chi connectivity index (χ0n) is 22.2. The molecule has 0 aliphatic carbocycles. The Kier molecular flexibility index (Phi) is 8.38. The van der Waals surface area contributed by atoms with Gasteiger partial charge in [0.2, 0.25) is 0 Å². The highest BCUT2D eigenvalue weighted by Crippen LogP contribution is 2.40. The first-order valence-electron chi connectivity index (χ1n) is 12.4. The largest absolute Gasteiger partial charge is 0.491 e. The molecule has 1 unspecified atom stereocenters. The molecule has 10 nitrogen and oxygen atoms in total. The molecule has 1 amide bonds. The van der Waals surface area contributed by atoms with Crippen LogP contribution in [0, 0.1) is 13.8 Å². The number of anilines is 1. The molecule has 0 radical (unpaired) electrons. The number of carbonyl (C=O) groups is 2. The lowest BCUT2D eigenvalue weighted by molar-refractivity contribution is -0.192. The number of fused-ring (bicyclic) bond motifs is 2. The summed E-state index contributed by atoms with van der Waals surface area (Å²) in [6.45, 7) is 7.12. The number of halogens is 4. The van der Waals surface area contributed by atoms with Gasteiger partial charge in [0.15, 0.2) is 5.65 Å². The van der Waals surface area contributed by atoms with Gasteiger partial charge in [0, 0.05) is 21.7 Å². The van der Waals surface area contributed by atoms with Gasteiger partial charge in [-0.15, -0.1) is 0 Å². The van der Waals surface area contributed by atoms with Gasteiger partial charge in [-0.05, 0) is 44.5 Å². The molecule has 4 aromatic rings. The predicted octanol–water partition coefficient (Wildman–Crippen LogP) is 4.96. The third-order valence-corrected chi connectivity index (χ3v) is 7.04. The number of amides is 1. The van der Waals surface area contributed by atoms with Crippen molar-refractivity contribution in [3.05, 3.63) is 75.7 Å². The van der Waals surface area contributed by atoms with Gasteiger partial charge in [-0.1, -0.05) is 29.8 Å². The van der Waals surface area contributed by atoms with Crippen LogP contribution < -0.4 is 10.5 Å². The highest BCUT2D eigenvalue weighted by atomic mass is 35.5. The number of aromatic nitrogens is 4. The second-order valence-electron chi connectivity index (χ2n) is 9.29. The molecule has 14 heteroatoms. The quantitative estimate of drug-likeness (QED) is 0.342. The average molecular weight is 591 g/mol. The minimum atomic E-state index is -5.08. The summed E-state index contributed by atoms with van der Waals surface area (Å²) in [5.74, 6) is -1.66. The van der Waals surface area contributed by atoms with E-state index in [2.05, 4.69) is 9.97 Å². The van der Waals surface area contributed by atoms with Crippen molar-refractivity contribution in [1.29, 1.82) is 0 Å². The molecule has 2 aromatic heterocycles. The van der Waals surface area contributed by atoms with Crippen molar-refractivity contribution >= 4 is 40.3 Å². The fourth-order valence-electron chi connectivity index (χ4n) is 4.51. The van der Waals surface area contributed by atoms with E-state index in [-0.39, 0.29) is 11.9 Å². The molecule has 0 saturated carbocycles. The van der Waals surface area contributed by atoms with Gasteiger partial charge >= 0.3 is 12.1 Å². The molecular weight excluding hydrogens is 565 g/mol. The van der Waals surface area contributed by atoms with Crippen LogP contribution in [0.15, 0.2) is 42.7 Å². The smallest absolute Gasteiger partial charge is 0.490 e. The number of ether oxygens (including phenoxy) is 1. The molecular formula is C27H26ClF3N6O4. The van der Waals surface area contributed by atoms with E-state index in [0.717, 1.165) is 33.5 Å².